The maximum Gasteiger partial charge on any atom is 0.304 e. The maximum atomic E-state index is 14.8. The summed E-state index contributed by atoms with van der Waals surface area (Å²) in [4.78, 5) is 0. The van der Waals surface area contributed by atoms with Crippen molar-refractivity contribution in [3.63, 3.8) is 0 Å². The van der Waals surface area contributed by atoms with E-state index in [-0.39, 0.29) is 11.6 Å². The Balaban J connectivity index is 0.000000334. The highest BCUT2D eigenvalue weighted by Gasteiger charge is 3.02. The number of hydrogen-bond acceptors (Lipinski definition) is 0. The number of alkyl halides is 19. The zero-order chi connectivity index (χ0) is 38.4. The molecule has 8 atom stereocenters. The third-order valence-corrected chi connectivity index (χ3v) is 11.8. The Bertz CT molecular complexity index is 1350. The molecule has 0 N–H and O–H groups in total. The fourth-order valence-electron chi connectivity index (χ4n) is 8.42. The van der Waals surface area contributed by atoms with Crippen LogP contribution in [0.3, 0.4) is 0 Å². The van der Waals surface area contributed by atoms with Crippen molar-refractivity contribution in [1.29, 1.82) is 0 Å². The number of rotatable bonds is 4. The molecular formula is C29H32F20. The molecule has 0 nitrogen and oxygen atoms in total. The predicted molar refractivity (Wildman–Crippen MR) is 135 cm³/mol. The lowest BCUT2D eigenvalue weighted by Crippen LogP contribution is -2.89. The molecule has 0 aromatic rings. The first kappa shape index (κ1) is 43.2. The Kier molecular flexibility index (Phi) is 9.14. The van der Waals surface area contributed by atoms with Crippen molar-refractivity contribution in [1.82, 2.24) is 0 Å². The molecule has 0 amide bonds. The highest BCUT2D eigenvalue weighted by Crippen LogP contribution is 2.82. The molecule has 0 heterocycles. The van der Waals surface area contributed by atoms with Crippen LogP contribution in [-0.2, 0) is 0 Å². The van der Waals surface area contributed by atoms with Crippen molar-refractivity contribution in [2.75, 3.05) is 13.3 Å². The molecule has 49 heavy (non-hydrogen) atoms. The molecular weight excluding hydrogens is 728 g/mol. The highest BCUT2D eigenvalue weighted by molar-refractivity contribution is 5.39. The van der Waals surface area contributed by atoms with Gasteiger partial charge in [-0.15, -0.1) is 13.2 Å². The van der Waals surface area contributed by atoms with Gasteiger partial charge in [0, 0.05) is 12.8 Å². The van der Waals surface area contributed by atoms with Crippen molar-refractivity contribution < 1.29 is 88.1 Å². The molecule has 288 valence electrons. The fraction of sp³-hybridized carbons (Fsp3) is 0.862. The molecule has 0 radical (unpaired) electrons. The van der Waals surface area contributed by atoms with Crippen LogP contribution in [0.1, 0.15) is 53.9 Å². The Hall–Kier alpha value is -1.92. The van der Waals surface area contributed by atoms with Gasteiger partial charge >= 0.3 is 17.8 Å². The van der Waals surface area contributed by atoms with E-state index in [4.69, 9.17) is 0 Å². The van der Waals surface area contributed by atoms with Gasteiger partial charge in [-0.05, 0) is 34.1 Å². The Morgan fingerprint density at radius 2 is 0.898 bits per heavy atom. The van der Waals surface area contributed by atoms with Crippen LogP contribution < -0.4 is 0 Å². The summed E-state index contributed by atoms with van der Waals surface area (Å²) in [5.41, 5.74) is -33.3. The topological polar surface area (TPSA) is 0 Å². The van der Waals surface area contributed by atoms with Gasteiger partial charge < -0.3 is 0 Å². The van der Waals surface area contributed by atoms with Crippen LogP contribution in [-0.4, -0.2) is 71.8 Å². The summed E-state index contributed by atoms with van der Waals surface area (Å²) in [6, 6.07) is 0. The minimum atomic E-state index is -6.13. The third-order valence-electron chi connectivity index (χ3n) is 11.8. The van der Waals surface area contributed by atoms with E-state index >= 15 is 0 Å². The van der Waals surface area contributed by atoms with Gasteiger partial charge in [0.05, 0.1) is 10.8 Å². The molecule has 4 bridgehead atoms. The van der Waals surface area contributed by atoms with Crippen molar-refractivity contribution >= 4 is 0 Å². The second-order valence-electron chi connectivity index (χ2n) is 14.3. The van der Waals surface area contributed by atoms with E-state index in [1.54, 1.807) is 0 Å². The SMILES string of the molecule is C=CC12CC(C)(F)C(F)(F)C(C)(C(F)(F)C(C)(CF)C1)C2(F)F.C=CC12CC(F)(CF)C(F)(F)C(C)(C(F)(F)C(C)(F)C1(F)F)C2(F)F.F. The Morgan fingerprint density at radius 1 is 0.469 bits per heavy atom. The predicted octanol–water partition coefficient (Wildman–Crippen LogP) is 11.3. The lowest BCUT2D eigenvalue weighted by Gasteiger charge is -2.68. The molecule has 0 aliphatic heterocycles. The first-order chi connectivity index (χ1) is 20.9. The van der Waals surface area contributed by atoms with Crippen LogP contribution in [0.15, 0.2) is 25.3 Å². The number of hydrogen-bond donors (Lipinski definition) is 0. The standard InChI is InChI=1S/C15H18F8.C14H13F11.FH/c1-5-12-6-9(2,8-16)13(18,19)11(4,15(12,22)23)14(20,21)10(3,17)7-12;1-4-9-5-10(17,6-15)13(22,23)7(2,12(9,20)21)11(18,19)8(3,16)14(9,24)25;/h5H,1,6-8H2,2-4H3;4H,1,5-6H2,2-3H3;1H. The molecule has 4 saturated carbocycles. The van der Waals surface area contributed by atoms with Crippen molar-refractivity contribution in [2.45, 2.75) is 112 Å². The molecule has 4 rings (SSSR count). The van der Waals surface area contributed by atoms with E-state index in [0.29, 0.717) is 19.9 Å². The van der Waals surface area contributed by atoms with Crippen LogP contribution >= 0.6 is 0 Å². The van der Waals surface area contributed by atoms with Gasteiger partial charge in [-0.25, -0.2) is 79.0 Å². The number of halogens is 20. The van der Waals surface area contributed by atoms with Crippen molar-refractivity contribution in [3.8, 4) is 0 Å². The Labute approximate surface area is 266 Å². The Morgan fingerprint density at radius 3 is 1.27 bits per heavy atom. The summed E-state index contributed by atoms with van der Waals surface area (Å²) in [6.07, 6.45) is -5.12. The molecule has 0 spiro atoms. The second kappa shape index (κ2) is 10.4. The summed E-state index contributed by atoms with van der Waals surface area (Å²) in [7, 11) is 0. The number of fused-ring (bicyclic) bond motifs is 4. The van der Waals surface area contributed by atoms with Gasteiger partial charge in [-0.2, -0.15) is 0 Å². The van der Waals surface area contributed by atoms with E-state index < -0.39 is 138 Å². The van der Waals surface area contributed by atoms with Gasteiger partial charge in [0.2, 0.25) is 11.3 Å². The van der Waals surface area contributed by atoms with Crippen molar-refractivity contribution in [2.24, 2.45) is 27.1 Å². The third kappa shape index (κ3) is 3.77. The van der Waals surface area contributed by atoms with Gasteiger partial charge in [0.1, 0.15) is 18.8 Å². The van der Waals surface area contributed by atoms with Crippen LogP contribution in [0.2, 0.25) is 0 Å². The van der Waals surface area contributed by atoms with Gasteiger partial charge in [-0.3, -0.25) is 9.09 Å². The summed E-state index contributed by atoms with van der Waals surface area (Å²) < 4.78 is 274. The molecule has 0 aromatic heterocycles. The van der Waals surface area contributed by atoms with Crippen LogP contribution in [0.25, 0.3) is 0 Å². The average molecular weight is 761 g/mol. The van der Waals surface area contributed by atoms with Crippen LogP contribution in [0.4, 0.5) is 88.1 Å². The highest BCUT2D eigenvalue weighted by atomic mass is 19.3. The normalized spacial score (nSPS) is 48.9. The fourth-order valence-corrected chi connectivity index (χ4v) is 8.42. The lowest BCUT2D eigenvalue weighted by molar-refractivity contribution is -0.490. The zero-order valence-corrected chi connectivity index (χ0v) is 26.2. The first-order valence-electron chi connectivity index (χ1n) is 14.0. The molecule has 4 aliphatic carbocycles. The van der Waals surface area contributed by atoms with E-state index in [1.807, 2.05) is 0 Å². The first-order valence-corrected chi connectivity index (χ1v) is 14.0. The van der Waals surface area contributed by atoms with Gasteiger partial charge in [-0.1, -0.05) is 19.1 Å². The van der Waals surface area contributed by atoms with E-state index in [1.165, 1.54) is 0 Å². The summed E-state index contributed by atoms with van der Waals surface area (Å²) >= 11 is 0. The van der Waals surface area contributed by atoms with Gasteiger partial charge in [0.15, 0.2) is 16.5 Å². The minimum absolute atomic E-state index is 0. The van der Waals surface area contributed by atoms with E-state index in [2.05, 4.69) is 13.2 Å². The van der Waals surface area contributed by atoms with Gasteiger partial charge in [0.25, 0.3) is 23.7 Å². The summed E-state index contributed by atoms with van der Waals surface area (Å²) in [5, 5.41) is 0. The smallest absolute Gasteiger partial charge is 0.269 e. The largest absolute Gasteiger partial charge is 0.304 e. The quantitative estimate of drug-likeness (QED) is 0.198. The van der Waals surface area contributed by atoms with Crippen LogP contribution in [0, 0.1) is 27.1 Å². The minimum Gasteiger partial charge on any atom is -0.269 e. The molecule has 4 fully saturated rings. The zero-order valence-electron chi connectivity index (χ0n) is 26.2. The average Bonchev–Trinajstić information content (AvgIpc) is 2.94. The van der Waals surface area contributed by atoms with E-state index in [0.717, 1.165) is 0 Å². The summed E-state index contributed by atoms with van der Waals surface area (Å²) in [5.74, 6) is -38.1. The maximum absolute atomic E-state index is 14.8. The lowest BCUT2D eigenvalue weighted by atomic mass is 9.41. The van der Waals surface area contributed by atoms with Crippen LogP contribution in [0.5, 0.6) is 0 Å². The number of allylic oxidation sites excluding steroid dienone is 2. The van der Waals surface area contributed by atoms with Crippen molar-refractivity contribution in [3.05, 3.63) is 25.3 Å². The monoisotopic (exact) mass is 760 g/mol. The molecule has 0 aromatic carbocycles. The summed E-state index contributed by atoms with van der Waals surface area (Å²) in [6.45, 7) is 0.884. The molecule has 20 heteroatoms. The molecule has 8 unspecified atom stereocenters. The second-order valence-corrected chi connectivity index (χ2v) is 14.3. The molecule has 4 aliphatic rings. The van der Waals surface area contributed by atoms with E-state index in [9.17, 15) is 83.4 Å². The molecule has 0 saturated heterocycles.